The molecule has 3 rings (SSSR count). The normalized spacial score (nSPS) is 11.8. The minimum atomic E-state index is -0.538. The van der Waals surface area contributed by atoms with Crippen LogP contribution in [0.15, 0.2) is 71.2 Å². The summed E-state index contributed by atoms with van der Waals surface area (Å²) in [4.78, 5) is 27.0. The Balaban J connectivity index is 1.78. The van der Waals surface area contributed by atoms with E-state index >= 15 is 0 Å². The van der Waals surface area contributed by atoms with E-state index in [1.54, 1.807) is 18.9 Å². The van der Waals surface area contributed by atoms with Gasteiger partial charge in [0.1, 0.15) is 6.04 Å². The summed E-state index contributed by atoms with van der Waals surface area (Å²) >= 11 is 3.43. The molecule has 0 spiro atoms. The Labute approximate surface area is 180 Å². The third kappa shape index (κ3) is 5.24. The molecule has 0 bridgehead atoms. The maximum atomic E-state index is 13.1. The van der Waals surface area contributed by atoms with E-state index in [4.69, 9.17) is 0 Å². The summed E-state index contributed by atoms with van der Waals surface area (Å²) in [6, 6.07) is 21.6. The highest BCUT2D eigenvalue weighted by Gasteiger charge is 2.25. The molecule has 4 nitrogen and oxygen atoms in total. The van der Waals surface area contributed by atoms with Gasteiger partial charge in [-0.25, -0.2) is 0 Å². The molecule has 0 fully saturated rings. The first-order valence-electron chi connectivity index (χ1n) is 9.71. The van der Waals surface area contributed by atoms with Crippen molar-refractivity contribution in [2.24, 2.45) is 0 Å². The summed E-state index contributed by atoms with van der Waals surface area (Å²) in [7, 11) is 1.59. The van der Waals surface area contributed by atoms with E-state index in [-0.39, 0.29) is 11.8 Å². The summed E-state index contributed by atoms with van der Waals surface area (Å²) in [6.45, 7) is 2.17. The fourth-order valence-electron chi connectivity index (χ4n) is 3.47. The number of amides is 2. The van der Waals surface area contributed by atoms with E-state index in [2.05, 4.69) is 45.5 Å². The number of likely N-dealkylation sites (N-methyl/N-ethyl adjacent to an activating group) is 1. The van der Waals surface area contributed by atoms with Crippen LogP contribution in [0.3, 0.4) is 0 Å². The number of carbonyl (C=O) groups is 2. The van der Waals surface area contributed by atoms with Crippen LogP contribution < -0.4 is 5.32 Å². The molecule has 1 unspecified atom stereocenters. The van der Waals surface area contributed by atoms with Crippen molar-refractivity contribution >= 4 is 38.5 Å². The van der Waals surface area contributed by atoms with Crippen LogP contribution in [0.2, 0.25) is 0 Å². The maximum absolute atomic E-state index is 13.1. The first kappa shape index (κ1) is 21.1. The molecule has 3 aromatic carbocycles. The van der Waals surface area contributed by atoms with Crippen LogP contribution in [0.4, 0.5) is 0 Å². The molecule has 0 saturated carbocycles. The summed E-state index contributed by atoms with van der Waals surface area (Å²) < 4.78 is 0.981. The highest BCUT2D eigenvalue weighted by Crippen LogP contribution is 2.21. The Kier molecular flexibility index (Phi) is 7.04. The molecule has 5 heteroatoms. The van der Waals surface area contributed by atoms with Gasteiger partial charge in [-0.15, -0.1) is 0 Å². The maximum Gasteiger partial charge on any atom is 0.242 e. The Hall–Kier alpha value is -2.66. The Morgan fingerprint density at radius 2 is 1.69 bits per heavy atom. The van der Waals surface area contributed by atoms with Crippen LogP contribution in [0, 0.1) is 0 Å². The highest BCUT2D eigenvalue weighted by molar-refractivity contribution is 9.10. The summed E-state index contributed by atoms with van der Waals surface area (Å²) in [5.74, 6) is -0.197. The van der Waals surface area contributed by atoms with E-state index in [1.807, 2.05) is 42.5 Å². The molecule has 29 heavy (non-hydrogen) atoms. The van der Waals surface area contributed by atoms with E-state index in [0.717, 1.165) is 15.6 Å². The van der Waals surface area contributed by atoms with Crippen molar-refractivity contribution in [3.8, 4) is 0 Å². The Bertz CT molecular complexity index is 996. The molecule has 3 aromatic rings. The van der Waals surface area contributed by atoms with Crippen LogP contribution >= 0.6 is 15.9 Å². The van der Waals surface area contributed by atoms with E-state index < -0.39 is 6.04 Å². The van der Waals surface area contributed by atoms with Gasteiger partial charge in [0.05, 0.1) is 0 Å². The summed E-state index contributed by atoms with van der Waals surface area (Å²) in [6.07, 6.45) is 0.989. The number of carbonyl (C=O) groups excluding carboxylic acids is 2. The lowest BCUT2D eigenvalue weighted by molar-refractivity contribution is -0.140. The fraction of sp³-hybridized carbons (Fsp3) is 0.250. The summed E-state index contributed by atoms with van der Waals surface area (Å²) in [5.41, 5.74) is 2.13. The second kappa shape index (κ2) is 9.70. The van der Waals surface area contributed by atoms with Crippen molar-refractivity contribution < 1.29 is 9.59 Å². The fourth-order valence-corrected chi connectivity index (χ4v) is 3.74. The van der Waals surface area contributed by atoms with Crippen LogP contribution in [0.5, 0.6) is 0 Å². The summed E-state index contributed by atoms with van der Waals surface area (Å²) in [5, 5.41) is 4.99. The van der Waals surface area contributed by atoms with Gasteiger partial charge in [-0.2, -0.15) is 0 Å². The standard InChI is InChI=1S/C24H25BrN2O2/c1-17(24(29)26-2)27(16-18-10-13-21(25)14-11-18)23(28)15-12-20-8-5-7-19-6-3-4-9-22(19)20/h3-11,13-14,17H,12,15-16H2,1-2H3,(H,26,29). The van der Waals surface area contributed by atoms with E-state index in [9.17, 15) is 9.59 Å². The van der Waals surface area contributed by atoms with Crippen molar-refractivity contribution in [2.75, 3.05) is 7.05 Å². The second-order valence-electron chi connectivity index (χ2n) is 7.08. The average molecular weight is 453 g/mol. The monoisotopic (exact) mass is 452 g/mol. The zero-order valence-corrected chi connectivity index (χ0v) is 18.3. The minimum absolute atomic E-state index is 0.0306. The number of nitrogens with zero attached hydrogens (tertiary/aromatic N) is 1. The number of hydrogen-bond donors (Lipinski definition) is 1. The number of fused-ring (bicyclic) bond motifs is 1. The number of rotatable bonds is 7. The molecular weight excluding hydrogens is 428 g/mol. The molecule has 0 heterocycles. The number of hydrogen-bond acceptors (Lipinski definition) is 2. The first-order chi connectivity index (χ1) is 14.0. The van der Waals surface area contributed by atoms with Crippen molar-refractivity contribution in [1.82, 2.24) is 10.2 Å². The third-order valence-corrected chi connectivity index (χ3v) is 5.70. The van der Waals surface area contributed by atoms with Gasteiger partial charge in [0.2, 0.25) is 11.8 Å². The lowest BCUT2D eigenvalue weighted by Gasteiger charge is -2.28. The molecule has 150 valence electrons. The number of aryl methyl sites for hydroxylation is 1. The topological polar surface area (TPSA) is 49.4 Å². The lowest BCUT2D eigenvalue weighted by atomic mass is 10.0. The molecule has 0 aliphatic carbocycles. The van der Waals surface area contributed by atoms with Gasteiger partial charge in [0.15, 0.2) is 0 Å². The van der Waals surface area contributed by atoms with Gasteiger partial charge in [0, 0.05) is 24.5 Å². The second-order valence-corrected chi connectivity index (χ2v) is 7.99. The van der Waals surface area contributed by atoms with E-state index in [1.165, 1.54) is 10.8 Å². The molecule has 0 aromatic heterocycles. The zero-order valence-electron chi connectivity index (χ0n) is 16.7. The quantitative estimate of drug-likeness (QED) is 0.564. The van der Waals surface area contributed by atoms with Crippen molar-refractivity contribution in [3.63, 3.8) is 0 Å². The molecule has 1 N–H and O–H groups in total. The molecule has 0 aliphatic heterocycles. The van der Waals surface area contributed by atoms with Crippen molar-refractivity contribution in [1.29, 1.82) is 0 Å². The molecule has 0 aliphatic rings. The van der Waals surface area contributed by atoms with Gasteiger partial charge in [-0.05, 0) is 47.4 Å². The van der Waals surface area contributed by atoms with Gasteiger partial charge in [-0.1, -0.05) is 70.5 Å². The van der Waals surface area contributed by atoms with Crippen molar-refractivity contribution in [2.45, 2.75) is 32.4 Å². The van der Waals surface area contributed by atoms with Crippen LogP contribution in [0.1, 0.15) is 24.5 Å². The average Bonchev–Trinajstić information content (AvgIpc) is 2.76. The third-order valence-electron chi connectivity index (χ3n) is 5.17. The number of halogens is 1. The largest absolute Gasteiger partial charge is 0.357 e. The van der Waals surface area contributed by atoms with Gasteiger partial charge >= 0.3 is 0 Å². The van der Waals surface area contributed by atoms with Gasteiger partial charge in [-0.3, -0.25) is 9.59 Å². The van der Waals surface area contributed by atoms with Gasteiger partial charge in [0.25, 0.3) is 0 Å². The predicted molar refractivity (Wildman–Crippen MR) is 120 cm³/mol. The molecule has 0 saturated heterocycles. The SMILES string of the molecule is CNC(=O)C(C)N(Cc1ccc(Br)cc1)C(=O)CCc1cccc2ccccc12. The predicted octanol–water partition coefficient (Wildman–Crippen LogP) is 4.70. The molecule has 0 radical (unpaired) electrons. The van der Waals surface area contributed by atoms with Gasteiger partial charge < -0.3 is 10.2 Å². The van der Waals surface area contributed by atoms with Crippen molar-refractivity contribution in [3.05, 3.63) is 82.3 Å². The molecular formula is C24H25BrN2O2. The molecule has 2 amide bonds. The Morgan fingerprint density at radius 3 is 2.41 bits per heavy atom. The van der Waals surface area contributed by atoms with E-state index in [0.29, 0.717) is 19.4 Å². The smallest absolute Gasteiger partial charge is 0.242 e. The first-order valence-corrected chi connectivity index (χ1v) is 10.5. The number of nitrogens with one attached hydrogen (secondary N) is 1. The van der Waals surface area contributed by atoms with Crippen LogP contribution in [-0.4, -0.2) is 29.8 Å². The Morgan fingerprint density at radius 1 is 1.00 bits per heavy atom. The van der Waals surface area contributed by atoms with Crippen LogP contribution in [0.25, 0.3) is 10.8 Å². The minimum Gasteiger partial charge on any atom is -0.357 e. The zero-order chi connectivity index (χ0) is 20.8. The number of benzene rings is 3. The highest BCUT2D eigenvalue weighted by atomic mass is 79.9. The molecule has 1 atom stereocenters. The lowest BCUT2D eigenvalue weighted by Crippen LogP contribution is -2.46. The van der Waals surface area contributed by atoms with Crippen LogP contribution in [-0.2, 0) is 22.6 Å².